The van der Waals surface area contributed by atoms with Crippen LogP contribution in [0.25, 0.3) is 0 Å². The number of thiophene rings is 1. The van der Waals surface area contributed by atoms with Crippen molar-refractivity contribution in [1.82, 2.24) is 10.3 Å². The minimum atomic E-state index is -0.168. The molecule has 0 saturated carbocycles. The lowest BCUT2D eigenvalue weighted by atomic mass is 10.2. The molecule has 2 N–H and O–H groups in total. The van der Waals surface area contributed by atoms with Crippen molar-refractivity contribution >= 4 is 51.2 Å². The van der Waals surface area contributed by atoms with Crippen LogP contribution in [0.15, 0.2) is 47.2 Å². The van der Waals surface area contributed by atoms with Crippen molar-refractivity contribution in [1.29, 1.82) is 0 Å². The normalized spacial score (nSPS) is 10.5. The average molecular weight is 406 g/mol. The topological polar surface area (TPSA) is 71.1 Å². The van der Waals surface area contributed by atoms with E-state index >= 15 is 0 Å². The average Bonchev–Trinajstić information content (AvgIpc) is 3.31. The van der Waals surface area contributed by atoms with Gasteiger partial charge in [-0.3, -0.25) is 14.9 Å². The van der Waals surface area contributed by atoms with Crippen molar-refractivity contribution < 1.29 is 9.59 Å². The first-order valence-electron chi connectivity index (χ1n) is 7.91. The van der Waals surface area contributed by atoms with Crippen LogP contribution in [-0.2, 0) is 17.8 Å². The highest BCUT2D eigenvalue weighted by molar-refractivity contribution is 7.14. The first-order valence-corrected chi connectivity index (χ1v) is 10.0. The third kappa shape index (κ3) is 5.14. The molecule has 3 aromatic rings. The van der Waals surface area contributed by atoms with Gasteiger partial charge in [-0.15, -0.1) is 22.7 Å². The molecule has 134 valence electrons. The molecule has 0 bridgehead atoms. The van der Waals surface area contributed by atoms with E-state index in [9.17, 15) is 9.59 Å². The van der Waals surface area contributed by atoms with Crippen molar-refractivity contribution in [3.8, 4) is 0 Å². The van der Waals surface area contributed by atoms with Crippen molar-refractivity contribution in [2.24, 2.45) is 0 Å². The maximum Gasteiger partial charge on any atom is 0.267 e. The third-order valence-electron chi connectivity index (χ3n) is 3.56. The number of carbonyl (C=O) groups is 2. The Morgan fingerprint density at radius 1 is 1.12 bits per heavy atom. The van der Waals surface area contributed by atoms with Crippen LogP contribution in [-0.4, -0.2) is 16.8 Å². The number of hydrogen-bond donors (Lipinski definition) is 2. The van der Waals surface area contributed by atoms with Gasteiger partial charge < -0.3 is 5.32 Å². The number of benzene rings is 1. The maximum absolute atomic E-state index is 12.0. The van der Waals surface area contributed by atoms with Gasteiger partial charge in [-0.05, 0) is 29.5 Å². The number of aromatic nitrogens is 1. The molecule has 0 saturated heterocycles. The molecule has 8 heteroatoms. The lowest BCUT2D eigenvalue weighted by Crippen LogP contribution is -2.23. The molecule has 0 aliphatic rings. The molecule has 2 heterocycles. The molecule has 0 radical (unpaired) electrons. The molecule has 0 spiro atoms. The number of hydrogen-bond acceptors (Lipinski definition) is 5. The van der Waals surface area contributed by atoms with Gasteiger partial charge in [-0.25, -0.2) is 4.98 Å². The first kappa shape index (κ1) is 18.6. The quantitative estimate of drug-likeness (QED) is 0.613. The number of aryl methyl sites for hydroxylation is 1. The summed E-state index contributed by atoms with van der Waals surface area (Å²) in [4.78, 5) is 29.0. The second kappa shape index (κ2) is 8.93. The zero-order valence-corrected chi connectivity index (χ0v) is 16.1. The number of rotatable bonds is 7. The van der Waals surface area contributed by atoms with Crippen LogP contribution in [0.3, 0.4) is 0 Å². The summed E-state index contributed by atoms with van der Waals surface area (Å²) >= 11 is 8.80. The standard InChI is InChI=1S/C18H16ClN3O2S2/c19-14-5-2-1-4-12(14)10-20-16(23)8-7-13-11-26-18(21-13)22-17(24)15-6-3-9-25-15/h1-6,9,11H,7-8,10H2,(H,20,23)(H,21,22,24). The summed E-state index contributed by atoms with van der Waals surface area (Å²) < 4.78 is 0. The van der Waals surface area contributed by atoms with Crippen LogP contribution in [0.4, 0.5) is 5.13 Å². The highest BCUT2D eigenvalue weighted by Crippen LogP contribution is 2.19. The predicted molar refractivity (Wildman–Crippen MR) is 106 cm³/mol. The Kier molecular flexibility index (Phi) is 6.38. The minimum Gasteiger partial charge on any atom is -0.352 e. The van der Waals surface area contributed by atoms with Crippen LogP contribution in [0.1, 0.15) is 27.3 Å². The second-order valence-corrected chi connectivity index (χ2v) is 7.66. The van der Waals surface area contributed by atoms with Crippen LogP contribution in [0, 0.1) is 0 Å². The molecule has 0 atom stereocenters. The van der Waals surface area contributed by atoms with E-state index in [1.165, 1.54) is 22.7 Å². The number of nitrogens with zero attached hydrogens (tertiary/aromatic N) is 1. The number of nitrogens with one attached hydrogen (secondary N) is 2. The second-order valence-electron chi connectivity index (χ2n) is 5.44. The molecule has 0 aliphatic carbocycles. The van der Waals surface area contributed by atoms with E-state index in [4.69, 9.17) is 11.6 Å². The van der Waals surface area contributed by atoms with Crippen molar-refractivity contribution in [3.05, 3.63) is 68.3 Å². The fourth-order valence-corrected chi connectivity index (χ4v) is 3.77. The Morgan fingerprint density at radius 2 is 1.96 bits per heavy atom. The van der Waals surface area contributed by atoms with E-state index < -0.39 is 0 Å². The van der Waals surface area contributed by atoms with Gasteiger partial charge in [-0.1, -0.05) is 35.9 Å². The molecule has 0 fully saturated rings. The number of halogens is 1. The monoisotopic (exact) mass is 405 g/mol. The maximum atomic E-state index is 12.0. The van der Waals surface area contributed by atoms with E-state index in [0.717, 1.165) is 11.3 Å². The van der Waals surface area contributed by atoms with Gasteiger partial charge in [0, 0.05) is 23.4 Å². The first-order chi connectivity index (χ1) is 12.6. The van der Waals surface area contributed by atoms with E-state index in [1.807, 2.05) is 35.0 Å². The summed E-state index contributed by atoms with van der Waals surface area (Å²) in [5.74, 6) is -0.236. The summed E-state index contributed by atoms with van der Waals surface area (Å²) in [5.41, 5.74) is 1.67. The van der Waals surface area contributed by atoms with Crippen molar-refractivity contribution in [2.45, 2.75) is 19.4 Å². The number of carbonyl (C=O) groups excluding carboxylic acids is 2. The van der Waals surface area contributed by atoms with E-state index in [0.29, 0.717) is 34.4 Å². The Labute approximate surface area is 164 Å². The smallest absolute Gasteiger partial charge is 0.267 e. The molecular weight excluding hydrogens is 390 g/mol. The number of anilines is 1. The number of thiazole rings is 1. The van der Waals surface area contributed by atoms with E-state index in [-0.39, 0.29) is 11.8 Å². The van der Waals surface area contributed by atoms with E-state index in [2.05, 4.69) is 15.6 Å². The molecule has 0 unspecified atom stereocenters. The van der Waals surface area contributed by atoms with Crippen LogP contribution in [0.5, 0.6) is 0 Å². The van der Waals surface area contributed by atoms with Gasteiger partial charge in [0.2, 0.25) is 5.91 Å². The highest BCUT2D eigenvalue weighted by atomic mass is 35.5. The zero-order chi connectivity index (χ0) is 18.4. The van der Waals surface area contributed by atoms with Gasteiger partial charge >= 0.3 is 0 Å². The van der Waals surface area contributed by atoms with Gasteiger partial charge in [0.1, 0.15) is 0 Å². The Bertz CT molecular complexity index is 893. The van der Waals surface area contributed by atoms with Crippen molar-refractivity contribution in [2.75, 3.05) is 5.32 Å². The molecule has 5 nitrogen and oxygen atoms in total. The molecule has 2 amide bonds. The molecule has 3 rings (SSSR count). The Balaban J connectivity index is 1.45. The van der Waals surface area contributed by atoms with Gasteiger partial charge in [0.05, 0.1) is 10.6 Å². The largest absolute Gasteiger partial charge is 0.352 e. The Hall–Kier alpha value is -2.22. The summed E-state index contributed by atoms with van der Waals surface area (Å²) in [6.45, 7) is 0.400. The molecule has 1 aromatic carbocycles. The summed E-state index contributed by atoms with van der Waals surface area (Å²) in [5, 5.41) is 10.5. The lowest BCUT2D eigenvalue weighted by Gasteiger charge is -2.06. The van der Waals surface area contributed by atoms with Gasteiger partial charge in [0.15, 0.2) is 5.13 Å². The van der Waals surface area contributed by atoms with Crippen LogP contribution in [0.2, 0.25) is 5.02 Å². The molecule has 0 aliphatic heterocycles. The summed E-state index contributed by atoms with van der Waals surface area (Å²) in [6, 6.07) is 11.0. The van der Waals surface area contributed by atoms with Crippen LogP contribution < -0.4 is 10.6 Å². The minimum absolute atomic E-state index is 0.0675. The molecular formula is C18H16ClN3O2S2. The van der Waals surface area contributed by atoms with Crippen LogP contribution >= 0.6 is 34.3 Å². The van der Waals surface area contributed by atoms with Gasteiger partial charge in [0.25, 0.3) is 5.91 Å². The lowest BCUT2D eigenvalue weighted by molar-refractivity contribution is -0.121. The highest BCUT2D eigenvalue weighted by Gasteiger charge is 2.11. The zero-order valence-electron chi connectivity index (χ0n) is 13.7. The Morgan fingerprint density at radius 3 is 2.73 bits per heavy atom. The van der Waals surface area contributed by atoms with Crippen molar-refractivity contribution in [3.63, 3.8) is 0 Å². The fourth-order valence-electron chi connectivity index (χ4n) is 2.21. The molecule has 2 aromatic heterocycles. The third-order valence-corrected chi connectivity index (χ3v) is 5.60. The predicted octanol–water partition coefficient (Wildman–Crippen LogP) is 4.36. The SMILES string of the molecule is O=C(CCc1csc(NC(=O)c2cccs2)n1)NCc1ccccc1Cl. The summed E-state index contributed by atoms with van der Waals surface area (Å²) in [7, 11) is 0. The summed E-state index contributed by atoms with van der Waals surface area (Å²) in [6.07, 6.45) is 0.840. The van der Waals surface area contributed by atoms with E-state index in [1.54, 1.807) is 12.1 Å². The van der Waals surface area contributed by atoms with Gasteiger partial charge in [-0.2, -0.15) is 0 Å². The molecule has 26 heavy (non-hydrogen) atoms. The fraction of sp³-hybridized carbons (Fsp3) is 0.167. The number of amides is 2.